The number of hydrogen-bond acceptors (Lipinski definition) is 4. The second kappa shape index (κ2) is 6.48. The fourth-order valence-electron chi connectivity index (χ4n) is 1.87. The van der Waals surface area contributed by atoms with Crippen molar-refractivity contribution < 1.29 is 4.74 Å². The van der Waals surface area contributed by atoms with Crippen molar-refractivity contribution in [3.8, 4) is 11.6 Å². The molecule has 20 heavy (non-hydrogen) atoms. The summed E-state index contributed by atoms with van der Waals surface area (Å²) < 4.78 is 5.81. The first-order valence-corrected chi connectivity index (χ1v) is 6.85. The van der Waals surface area contributed by atoms with Gasteiger partial charge in [-0.1, -0.05) is 26.0 Å². The Kier molecular flexibility index (Phi) is 4.69. The predicted octanol–water partition coefficient (Wildman–Crippen LogP) is 3.42. The third kappa shape index (κ3) is 3.78. The highest BCUT2D eigenvalue weighted by Gasteiger charge is 2.07. The van der Waals surface area contributed by atoms with E-state index in [0.29, 0.717) is 5.88 Å². The van der Waals surface area contributed by atoms with E-state index in [1.807, 2.05) is 44.3 Å². The molecule has 1 heterocycles. The average Bonchev–Trinajstić information content (AvgIpc) is 2.40. The van der Waals surface area contributed by atoms with E-state index >= 15 is 0 Å². The number of nitrogens with one attached hydrogen (secondary N) is 1. The van der Waals surface area contributed by atoms with Crippen molar-refractivity contribution in [3.63, 3.8) is 0 Å². The number of ether oxygens (including phenoxy) is 1. The van der Waals surface area contributed by atoms with Crippen molar-refractivity contribution in [2.24, 2.45) is 0 Å². The smallest absolute Gasteiger partial charge is 0.222 e. The summed E-state index contributed by atoms with van der Waals surface area (Å²) in [5.74, 6) is 2.49. The zero-order chi connectivity index (χ0) is 14.5. The topological polar surface area (TPSA) is 47.0 Å². The van der Waals surface area contributed by atoms with Crippen LogP contribution in [0.15, 0.2) is 30.3 Å². The fourth-order valence-corrected chi connectivity index (χ4v) is 1.87. The first-order valence-electron chi connectivity index (χ1n) is 6.85. The van der Waals surface area contributed by atoms with Crippen molar-refractivity contribution in [2.75, 3.05) is 7.05 Å². The lowest BCUT2D eigenvalue weighted by Gasteiger charge is -2.10. The molecule has 0 atom stereocenters. The van der Waals surface area contributed by atoms with Gasteiger partial charge in [-0.05, 0) is 31.7 Å². The lowest BCUT2D eigenvalue weighted by Crippen LogP contribution is -2.04. The van der Waals surface area contributed by atoms with Gasteiger partial charge in [0.1, 0.15) is 11.6 Å². The summed E-state index contributed by atoms with van der Waals surface area (Å²) in [7, 11) is 1.93. The summed E-state index contributed by atoms with van der Waals surface area (Å²) in [6, 6.07) is 9.86. The van der Waals surface area contributed by atoms with Gasteiger partial charge in [-0.15, -0.1) is 0 Å². The van der Waals surface area contributed by atoms with E-state index in [1.54, 1.807) is 0 Å². The molecule has 0 bridgehead atoms. The highest BCUT2D eigenvalue weighted by atomic mass is 16.5. The maximum Gasteiger partial charge on any atom is 0.222 e. The van der Waals surface area contributed by atoms with Crippen LogP contribution >= 0.6 is 0 Å². The van der Waals surface area contributed by atoms with E-state index in [2.05, 4.69) is 29.1 Å². The van der Waals surface area contributed by atoms with Gasteiger partial charge in [0.25, 0.3) is 0 Å². The average molecular weight is 271 g/mol. The van der Waals surface area contributed by atoms with Crippen LogP contribution in [-0.2, 0) is 6.54 Å². The Morgan fingerprint density at radius 3 is 2.45 bits per heavy atom. The molecule has 0 aliphatic rings. The van der Waals surface area contributed by atoms with Crippen LogP contribution in [0.5, 0.6) is 11.6 Å². The second-order valence-electron chi connectivity index (χ2n) is 5.14. The predicted molar refractivity (Wildman–Crippen MR) is 80.1 cm³/mol. The standard InChI is InChI=1S/C16H21N3O/c1-11(2)16-18-12(3)9-15(19-16)20-14-7-5-13(6-8-14)10-17-4/h5-9,11,17H,10H2,1-4H3. The Morgan fingerprint density at radius 1 is 1.15 bits per heavy atom. The van der Waals surface area contributed by atoms with E-state index < -0.39 is 0 Å². The fraction of sp³-hybridized carbons (Fsp3) is 0.375. The van der Waals surface area contributed by atoms with Crippen molar-refractivity contribution >= 4 is 0 Å². The molecule has 0 unspecified atom stereocenters. The highest BCUT2D eigenvalue weighted by molar-refractivity contribution is 5.31. The van der Waals surface area contributed by atoms with Gasteiger partial charge in [-0.3, -0.25) is 0 Å². The van der Waals surface area contributed by atoms with Gasteiger partial charge in [0.2, 0.25) is 5.88 Å². The van der Waals surface area contributed by atoms with Crippen molar-refractivity contribution in [1.29, 1.82) is 0 Å². The monoisotopic (exact) mass is 271 g/mol. The first-order chi connectivity index (χ1) is 9.58. The third-order valence-electron chi connectivity index (χ3n) is 2.89. The quantitative estimate of drug-likeness (QED) is 0.905. The molecule has 0 saturated carbocycles. The number of aromatic nitrogens is 2. The summed E-state index contributed by atoms with van der Waals surface area (Å²) in [5.41, 5.74) is 2.15. The number of aryl methyl sites for hydroxylation is 1. The van der Waals surface area contributed by atoms with E-state index in [-0.39, 0.29) is 5.92 Å². The molecule has 0 aliphatic carbocycles. The maximum atomic E-state index is 5.81. The molecule has 2 aromatic rings. The molecular formula is C16H21N3O. The number of rotatable bonds is 5. The minimum atomic E-state index is 0.287. The molecule has 0 saturated heterocycles. The van der Waals surface area contributed by atoms with Crippen LogP contribution in [0, 0.1) is 6.92 Å². The molecule has 2 rings (SSSR count). The van der Waals surface area contributed by atoms with Gasteiger partial charge in [0.15, 0.2) is 0 Å². The minimum absolute atomic E-state index is 0.287. The molecule has 1 aromatic carbocycles. The Labute approximate surface area is 120 Å². The summed E-state index contributed by atoms with van der Waals surface area (Å²) in [4.78, 5) is 8.86. The summed E-state index contributed by atoms with van der Waals surface area (Å²) in [6.07, 6.45) is 0. The van der Waals surface area contributed by atoms with E-state index in [9.17, 15) is 0 Å². The summed E-state index contributed by atoms with van der Waals surface area (Å²) in [5, 5.41) is 3.12. The van der Waals surface area contributed by atoms with Crippen molar-refractivity contribution in [3.05, 3.63) is 47.4 Å². The zero-order valence-corrected chi connectivity index (χ0v) is 12.5. The van der Waals surface area contributed by atoms with Crippen molar-refractivity contribution in [2.45, 2.75) is 33.2 Å². The van der Waals surface area contributed by atoms with Gasteiger partial charge >= 0.3 is 0 Å². The molecular weight excluding hydrogens is 250 g/mol. The van der Waals surface area contributed by atoms with Crippen LogP contribution in [0.3, 0.4) is 0 Å². The minimum Gasteiger partial charge on any atom is -0.439 e. The van der Waals surface area contributed by atoms with Crippen LogP contribution in [0.4, 0.5) is 0 Å². The lowest BCUT2D eigenvalue weighted by molar-refractivity contribution is 0.455. The van der Waals surface area contributed by atoms with E-state index in [1.165, 1.54) is 5.56 Å². The molecule has 106 valence electrons. The van der Waals surface area contributed by atoms with Gasteiger partial charge in [-0.2, -0.15) is 4.98 Å². The Hall–Kier alpha value is -1.94. The van der Waals surface area contributed by atoms with Gasteiger partial charge < -0.3 is 10.1 Å². The Balaban J connectivity index is 2.16. The molecule has 4 heteroatoms. The number of nitrogens with zero attached hydrogens (tertiary/aromatic N) is 2. The number of hydrogen-bond donors (Lipinski definition) is 1. The summed E-state index contributed by atoms with van der Waals surface area (Å²) in [6.45, 7) is 6.96. The molecule has 0 aliphatic heterocycles. The second-order valence-corrected chi connectivity index (χ2v) is 5.14. The van der Waals surface area contributed by atoms with Gasteiger partial charge in [0.05, 0.1) is 0 Å². The van der Waals surface area contributed by atoms with Crippen molar-refractivity contribution in [1.82, 2.24) is 15.3 Å². The zero-order valence-electron chi connectivity index (χ0n) is 12.5. The SMILES string of the molecule is CNCc1ccc(Oc2cc(C)nc(C(C)C)n2)cc1. The van der Waals surface area contributed by atoms with Crippen LogP contribution in [-0.4, -0.2) is 17.0 Å². The van der Waals surface area contributed by atoms with Gasteiger partial charge in [0, 0.05) is 24.2 Å². The molecule has 0 amide bonds. The molecule has 0 spiro atoms. The van der Waals surface area contributed by atoms with Crippen LogP contribution in [0.25, 0.3) is 0 Å². The van der Waals surface area contributed by atoms with Crippen LogP contribution in [0.1, 0.15) is 36.8 Å². The van der Waals surface area contributed by atoms with Crippen LogP contribution < -0.4 is 10.1 Å². The lowest BCUT2D eigenvalue weighted by atomic mass is 10.2. The maximum absolute atomic E-state index is 5.81. The van der Waals surface area contributed by atoms with Gasteiger partial charge in [-0.25, -0.2) is 4.98 Å². The summed E-state index contributed by atoms with van der Waals surface area (Å²) >= 11 is 0. The highest BCUT2D eigenvalue weighted by Crippen LogP contribution is 2.22. The van der Waals surface area contributed by atoms with E-state index in [0.717, 1.165) is 23.8 Å². The molecule has 0 radical (unpaired) electrons. The molecule has 1 aromatic heterocycles. The molecule has 4 nitrogen and oxygen atoms in total. The number of benzene rings is 1. The Morgan fingerprint density at radius 2 is 1.85 bits per heavy atom. The normalized spacial score (nSPS) is 10.8. The largest absolute Gasteiger partial charge is 0.439 e. The first kappa shape index (κ1) is 14.5. The Bertz CT molecular complexity index is 564. The third-order valence-corrected chi connectivity index (χ3v) is 2.89. The molecule has 1 N–H and O–H groups in total. The van der Waals surface area contributed by atoms with E-state index in [4.69, 9.17) is 4.74 Å². The van der Waals surface area contributed by atoms with Crippen LogP contribution in [0.2, 0.25) is 0 Å². The molecule has 0 fully saturated rings.